The summed E-state index contributed by atoms with van der Waals surface area (Å²) in [5.74, 6) is 2.56. The predicted molar refractivity (Wildman–Crippen MR) is 74.0 cm³/mol. The van der Waals surface area contributed by atoms with Crippen LogP contribution in [-0.2, 0) is 6.42 Å². The lowest BCUT2D eigenvalue weighted by Crippen LogP contribution is -2.26. The van der Waals surface area contributed by atoms with Crippen molar-refractivity contribution < 1.29 is 4.42 Å². The van der Waals surface area contributed by atoms with Crippen LogP contribution in [0.4, 0.5) is 0 Å². The monoisotopic (exact) mass is 235 g/mol. The molecule has 0 amide bonds. The molecule has 2 heteroatoms. The van der Waals surface area contributed by atoms with Gasteiger partial charge in [-0.25, -0.2) is 0 Å². The van der Waals surface area contributed by atoms with Crippen molar-refractivity contribution in [3.05, 3.63) is 29.2 Å². The van der Waals surface area contributed by atoms with Gasteiger partial charge < -0.3 is 9.73 Å². The molecule has 2 nitrogen and oxygen atoms in total. The van der Waals surface area contributed by atoms with E-state index in [1.807, 2.05) is 0 Å². The number of aryl methyl sites for hydroxylation is 1. The SMILES string of the molecule is CCc1ccc(C=C(CNC(C)C)C(C)C)o1. The molecule has 0 radical (unpaired) electrons. The Morgan fingerprint density at radius 2 is 2.00 bits per heavy atom. The van der Waals surface area contributed by atoms with Gasteiger partial charge in [0, 0.05) is 19.0 Å². The van der Waals surface area contributed by atoms with Gasteiger partial charge in [0.25, 0.3) is 0 Å². The maximum Gasteiger partial charge on any atom is 0.127 e. The van der Waals surface area contributed by atoms with Crippen LogP contribution >= 0.6 is 0 Å². The molecule has 0 spiro atoms. The van der Waals surface area contributed by atoms with E-state index in [-0.39, 0.29) is 0 Å². The summed E-state index contributed by atoms with van der Waals surface area (Å²) in [7, 11) is 0. The maximum absolute atomic E-state index is 5.72. The fourth-order valence-electron chi connectivity index (χ4n) is 1.59. The molecule has 0 bridgehead atoms. The topological polar surface area (TPSA) is 25.2 Å². The molecule has 0 aliphatic carbocycles. The number of hydrogen-bond acceptors (Lipinski definition) is 2. The van der Waals surface area contributed by atoms with Gasteiger partial charge in [0.1, 0.15) is 11.5 Å². The minimum absolute atomic E-state index is 0.514. The fourth-order valence-corrected chi connectivity index (χ4v) is 1.59. The second kappa shape index (κ2) is 6.65. The zero-order chi connectivity index (χ0) is 12.8. The van der Waals surface area contributed by atoms with Crippen molar-refractivity contribution in [3.8, 4) is 0 Å². The number of nitrogens with one attached hydrogen (secondary N) is 1. The largest absolute Gasteiger partial charge is 0.462 e. The van der Waals surface area contributed by atoms with Gasteiger partial charge in [-0.1, -0.05) is 40.2 Å². The van der Waals surface area contributed by atoms with Crippen LogP contribution in [0.5, 0.6) is 0 Å². The predicted octanol–water partition coefficient (Wildman–Crippen LogP) is 3.88. The molecule has 0 aliphatic heterocycles. The van der Waals surface area contributed by atoms with Crippen molar-refractivity contribution in [2.75, 3.05) is 6.54 Å². The summed E-state index contributed by atoms with van der Waals surface area (Å²) in [6.07, 6.45) is 3.12. The van der Waals surface area contributed by atoms with Gasteiger partial charge in [-0.2, -0.15) is 0 Å². The molecule has 0 saturated heterocycles. The van der Waals surface area contributed by atoms with Gasteiger partial charge in [0.05, 0.1) is 0 Å². The van der Waals surface area contributed by atoms with Crippen LogP contribution in [0.2, 0.25) is 0 Å². The van der Waals surface area contributed by atoms with Crippen LogP contribution in [0.25, 0.3) is 6.08 Å². The molecule has 1 heterocycles. The Balaban J connectivity index is 2.75. The molecule has 0 aliphatic rings. The summed E-state index contributed by atoms with van der Waals surface area (Å²) in [5, 5.41) is 3.46. The van der Waals surface area contributed by atoms with Gasteiger partial charge in [0.15, 0.2) is 0 Å². The zero-order valence-corrected chi connectivity index (χ0v) is 11.7. The van der Waals surface area contributed by atoms with E-state index in [0.717, 1.165) is 24.5 Å². The summed E-state index contributed by atoms with van der Waals surface area (Å²) >= 11 is 0. The Hall–Kier alpha value is -1.02. The quantitative estimate of drug-likeness (QED) is 0.809. The molecule has 96 valence electrons. The first-order chi connectivity index (χ1) is 8.02. The van der Waals surface area contributed by atoms with Crippen molar-refractivity contribution >= 4 is 6.08 Å². The lowest BCUT2D eigenvalue weighted by Gasteiger charge is -2.14. The van der Waals surface area contributed by atoms with Crippen LogP contribution in [0.1, 0.15) is 46.1 Å². The van der Waals surface area contributed by atoms with Gasteiger partial charge in [-0.05, 0) is 24.1 Å². The van der Waals surface area contributed by atoms with Gasteiger partial charge >= 0.3 is 0 Å². The number of rotatable bonds is 6. The van der Waals surface area contributed by atoms with E-state index in [0.29, 0.717) is 12.0 Å². The van der Waals surface area contributed by atoms with E-state index in [4.69, 9.17) is 4.42 Å². The van der Waals surface area contributed by atoms with E-state index in [1.165, 1.54) is 5.57 Å². The van der Waals surface area contributed by atoms with Crippen LogP contribution < -0.4 is 5.32 Å². The van der Waals surface area contributed by atoms with Crippen LogP contribution in [0, 0.1) is 5.92 Å². The first-order valence-electron chi connectivity index (χ1n) is 6.55. The van der Waals surface area contributed by atoms with Gasteiger partial charge in [0.2, 0.25) is 0 Å². The average Bonchev–Trinajstić information content (AvgIpc) is 2.71. The van der Waals surface area contributed by atoms with E-state index >= 15 is 0 Å². The standard InChI is InChI=1S/C15H25NO/c1-6-14-7-8-15(17-14)9-13(11(2)3)10-16-12(4)5/h7-9,11-12,16H,6,10H2,1-5H3. The molecule has 0 aromatic carbocycles. The third-order valence-corrected chi connectivity index (χ3v) is 2.81. The smallest absolute Gasteiger partial charge is 0.127 e. The third kappa shape index (κ3) is 4.78. The Bertz CT molecular complexity index is 361. The number of hydrogen-bond donors (Lipinski definition) is 1. The van der Waals surface area contributed by atoms with E-state index in [2.05, 4.69) is 58.1 Å². The van der Waals surface area contributed by atoms with Crippen molar-refractivity contribution in [2.45, 2.75) is 47.1 Å². The summed E-state index contributed by atoms with van der Waals surface area (Å²) in [6, 6.07) is 4.62. The lowest BCUT2D eigenvalue weighted by molar-refractivity contribution is 0.505. The molecule has 0 atom stereocenters. The molecule has 0 unspecified atom stereocenters. The van der Waals surface area contributed by atoms with Crippen molar-refractivity contribution in [1.29, 1.82) is 0 Å². The third-order valence-electron chi connectivity index (χ3n) is 2.81. The fraction of sp³-hybridized carbons (Fsp3) is 0.600. The molecule has 0 saturated carbocycles. The molecule has 17 heavy (non-hydrogen) atoms. The molecule has 0 fully saturated rings. The summed E-state index contributed by atoms with van der Waals surface area (Å²) < 4.78 is 5.72. The maximum atomic E-state index is 5.72. The lowest BCUT2D eigenvalue weighted by atomic mass is 10.0. The molecular formula is C15H25NO. The minimum atomic E-state index is 0.514. The number of furan rings is 1. The highest BCUT2D eigenvalue weighted by Gasteiger charge is 2.06. The molecule has 1 aromatic rings. The first kappa shape index (κ1) is 14.0. The highest BCUT2D eigenvalue weighted by atomic mass is 16.3. The van der Waals surface area contributed by atoms with Crippen LogP contribution in [0.3, 0.4) is 0 Å². The molecule has 1 rings (SSSR count). The zero-order valence-electron chi connectivity index (χ0n) is 11.7. The molecule has 1 aromatic heterocycles. The first-order valence-corrected chi connectivity index (χ1v) is 6.55. The van der Waals surface area contributed by atoms with E-state index in [1.54, 1.807) is 0 Å². The Labute approximate surface area is 105 Å². The average molecular weight is 235 g/mol. The van der Waals surface area contributed by atoms with E-state index in [9.17, 15) is 0 Å². The van der Waals surface area contributed by atoms with Crippen LogP contribution in [-0.4, -0.2) is 12.6 Å². The summed E-state index contributed by atoms with van der Waals surface area (Å²) in [6.45, 7) is 11.8. The molecular weight excluding hydrogens is 210 g/mol. The Morgan fingerprint density at radius 3 is 2.47 bits per heavy atom. The van der Waals surface area contributed by atoms with Crippen LogP contribution in [0.15, 0.2) is 22.1 Å². The van der Waals surface area contributed by atoms with Crippen molar-refractivity contribution in [1.82, 2.24) is 5.32 Å². The van der Waals surface area contributed by atoms with Gasteiger partial charge in [-0.3, -0.25) is 0 Å². The van der Waals surface area contributed by atoms with Crippen molar-refractivity contribution in [3.63, 3.8) is 0 Å². The van der Waals surface area contributed by atoms with E-state index < -0.39 is 0 Å². The normalized spacial score (nSPS) is 12.8. The van der Waals surface area contributed by atoms with Crippen molar-refractivity contribution in [2.24, 2.45) is 5.92 Å². The summed E-state index contributed by atoms with van der Waals surface area (Å²) in [4.78, 5) is 0. The van der Waals surface area contributed by atoms with Gasteiger partial charge in [-0.15, -0.1) is 0 Å². The molecule has 1 N–H and O–H groups in total. The Kier molecular flexibility index (Phi) is 5.49. The highest BCUT2D eigenvalue weighted by Crippen LogP contribution is 2.17. The second-order valence-electron chi connectivity index (χ2n) is 5.07. The summed E-state index contributed by atoms with van der Waals surface area (Å²) in [5.41, 5.74) is 1.38. The second-order valence-corrected chi connectivity index (χ2v) is 5.07. The highest BCUT2D eigenvalue weighted by molar-refractivity contribution is 5.48. The Morgan fingerprint density at radius 1 is 1.29 bits per heavy atom. The minimum Gasteiger partial charge on any atom is -0.462 e.